The van der Waals surface area contributed by atoms with Gasteiger partial charge in [0.05, 0.1) is 12.3 Å². The number of allylic oxidation sites excluding steroid dienone is 1. The van der Waals surface area contributed by atoms with Crippen molar-refractivity contribution in [3.8, 4) is 5.69 Å². The minimum Gasteiger partial charge on any atom is -0.459 e. The molecule has 0 unspecified atom stereocenters. The molecule has 8 heteroatoms. The Bertz CT molecular complexity index is 1110. The van der Waals surface area contributed by atoms with Gasteiger partial charge in [-0.2, -0.15) is 0 Å². The first-order chi connectivity index (χ1) is 17.4. The molecule has 2 heterocycles. The molecule has 1 saturated carbocycles. The summed E-state index contributed by atoms with van der Waals surface area (Å²) in [6, 6.07) is 9.76. The number of carbonyl (C=O) groups is 1. The van der Waals surface area contributed by atoms with E-state index in [-0.39, 0.29) is 35.8 Å². The standard InChI is InChI=1S/C28H39N3O5/c1-20-26(28(34)31(30(20)3)23-14-8-5-9-15-23)21-18-24(36-25(19-21)35-17-11-10-16-32)27(33)29(2)22-12-6-4-7-13-22/h5,8-9,14-15,18,21-22,25,32H,4,6-7,10-13,16-17,19H2,1-3H3/t21-,25+/m0/s1. The summed E-state index contributed by atoms with van der Waals surface area (Å²) in [4.78, 5) is 29.0. The molecule has 0 spiro atoms. The molecule has 1 aliphatic carbocycles. The Kier molecular flexibility index (Phi) is 8.69. The number of carbonyl (C=O) groups excluding carboxylic acids is 1. The Balaban J connectivity index is 1.66. The van der Waals surface area contributed by atoms with Crippen LogP contribution in [0.25, 0.3) is 5.69 Å². The van der Waals surface area contributed by atoms with E-state index in [1.165, 1.54) is 6.42 Å². The summed E-state index contributed by atoms with van der Waals surface area (Å²) >= 11 is 0. The molecule has 0 radical (unpaired) electrons. The first-order valence-corrected chi connectivity index (χ1v) is 13.1. The Labute approximate surface area is 213 Å². The van der Waals surface area contributed by atoms with Crippen molar-refractivity contribution in [2.75, 3.05) is 20.3 Å². The fourth-order valence-electron chi connectivity index (χ4n) is 5.36. The van der Waals surface area contributed by atoms with Crippen LogP contribution in [0.5, 0.6) is 0 Å². The van der Waals surface area contributed by atoms with Gasteiger partial charge in [-0.05, 0) is 50.8 Å². The van der Waals surface area contributed by atoms with Crippen LogP contribution >= 0.6 is 0 Å². The van der Waals surface area contributed by atoms with Crippen molar-refractivity contribution in [2.45, 2.75) is 76.5 Å². The molecule has 4 rings (SSSR count). The number of rotatable bonds is 9. The molecular weight excluding hydrogens is 458 g/mol. The van der Waals surface area contributed by atoms with Crippen molar-refractivity contribution in [1.82, 2.24) is 14.3 Å². The van der Waals surface area contributed by atoms with Gasteiger partial charge in [-0.1, -0.05) is 37.5 Å². The van der Waals surface area contributed by atoms with Gasteiger partial charge in [0, 0.05) is 50.3 Å². The average Bonchev–Trinajstić information content (AvgIpc) is 3.14. The fraction of sp³-hybridized carbons (Fsp3) is 0.571. The minimum atomic E-state index is -0.637. The van der Waals surface area contributed by atoms with Crippen molar-refractivity contribution >= 4 is 5.91 Å². The van der Waals surface area contributed by atoms with Gasteiger partial charge < -0.3 is 19.5 Å². The second-order valence-corrected chi connectivity index (χ2v) is 9.91. The number of hydrogen-bond donors (Lipinski definition) is 1. The minimum absolute atomic E-state index is 0.101. The Morgan fingerprint density at radius 1 is 1.17 bits per heavy atom. The summed E-state index contributed by atoms with van der Waals surface area (Å²) < 4.78 is 15.6. The highest BCUT2D eigenvalue weighted by Gasteiger charge is 2.35. The second kappa shape index (κ2) is 11.9. The number of aliphatic hydroxyl groups is 1. The van der Waals surface area contributed by atoms with Crippen molar-refractivity contribution in [3.05, 3.63) is 63.8 Å². The summed E-state index contributed by atoms with van der Waals surface area (Å²) in [5.41, 5.74) is 2.19. The average molecular weight is 498 g/mol. The quantitative estimate of drug-likeness (QED) is 0.533. The van der Waals surface area contributed by atoms with E-state index in [0.717, 1.165) is 37.1 Å². The highest BCUT2D eigenvalue weighted by atomic mass is 16.7. The molecule has 196 valence electrons. The molecule has 1 aliphatic heterocycles. The number of amides is 1. The van der Waals surface area contributed by atoms with Crippen LogP contribution in [0.4, 0.5) is 0 Å². The monoisotopic (exact) mass is 497 g/mol. The molecule has 1 N–H and O–H groups in total. The van der Waals surface area contributed by atoms with Crippen LogP contribution in [0.3, 0.4) is 0 Å². The normalized spacial score (nSPS) is 20.6. The van der Waals surface area contributed by atoms with Crippen molar-refractivity contribution in [3.63, 3.8) is 0 Å². The van der Waals surface area contributed by atoms with Crippen LogP contribution < -0.4 is 5.56 Å². The number of hydrogen-bond acceptors (Lipinski definition) is 5. The van der Waals surface area contributed by atoms with Crippen LogP contribution in [0, 0.1) is 6.92 Å². The van der Waals surface area contributed by atoms with Crippen molar-refractivity contribution < 1.29 is 19.4 Å². The van der Waals surface area contributed by atoms with E-state index >= 15 is 0 Å². The fourth-order valence-corrected chi connectivity index (χ4v) is 5.36. The summed E-state index contributed by atoms with van der Waals surface area (Å²) in [5.74, 6) is -0.225. The lowest BCUT2D eigenvalue weighted by Crippen LogP contribution is -2.41. The number of benzene rings is 1. The molecule has 0 bridgehead atoms. The van der Waals surface area contributed by atoms with E-state index in [4.69, 9.17) is 14.6 Å². The van der Waals surface area contributed by atoms with Gasteiger partial charge in [0.25, 0.3) is 11.5 Å². The van der Waals surface area contributed by atoms with Gasteiger partial charge >= 0.3 is 0 Å². The van der Waals surface area contributed by atoms with Gasteiger partial charge in [0.2, 0.25) is 6.29 Å². The zero-order valence-electron chi connectivity index (χ0n) is 21.7. The maximum absolute atomic E-state index is 13.7. The smallest absolute Gasteiger partial charge is 0.288 e. The Hall–Kier alpha value is -2.84. The largest absolute Gasteiger partial charge is 0.459 e. The Morgan fingerprint density at radius 3 is 2.58 bits per heavy atom. The number of unbranched alkanes of at least 4 members (excludes halogenated alkanes) is 1. The molecule has 2 aliphatic rings. The Morgan fingerprint density at radius 2 is 1.89 bits per heavy atom. The molecule has 2 aromatic rings. The van der Waals surface area contributed by atoms with E-state index in [2.05, 4.69) is 0 Å². The van der Waals surface area contributed by atoms with Crippen LogP contribution in [-0.2, 0) is 21.3 Å². The molecule has 1 fully saturated rings. The predicted molar refractivity (Wildman–Crippen MR) is 138 cm³/mol. The van der Waals surface area contributed by atoms with Crippen LogP contribution in [0.1, 0.15) is 68.5 Å². The predicted octanol–water partition coefficient (Wildman–Crippen LogP) is 3.78. The summed E-state index contributed by atoms with van der Waals surface area (Å²) in [5, 5.41) is 9.09. The maximum atomic E-state index is 13.7. The molecule has 1 aromatic heterocycles. The number of aromatic nitrogens is 2. The van der Waals surface area contributed by atoms with Gasteiger partial charge in [0.1, 0.15) is 0 Å². The summed E-state index contributed by atoms with van der Waals surface area (Å²) in [6.45, 7) is 2.46. The van der Waals surface area contributed by atoms with Crippen LogP contribution in [0.15, 0.2) is 47.0 Å². The number of aliphatic hydroxyl groups excluding tert-OH is 1. The summed E-state index contributed by atoms with van der Waals surface area (Å²) in [7, 11) is 3.72. The van der Waals surface area contributed by atoms with Crippen LogP contribution in [-0.4, -0.2) is 57.9 Å². The second-order valence-electron chi connectivity index (χ2n) is 9.91. The lowest BCUT2D eigenvalue weighted by molar-refractivity contribution is -0.153. The zero-order chi connectivity index (χ0) is 25.7. The third-order valence-corrected chi connectivity index (χ3v) is 7.54. The van der Waals surface area contributed by atoms with Gasteiger partial charge in [-0.15, -0.1) is 0 Å². The van der Waals surface area contributed by atoms with E-state index in [1.54, 1.807) is 9.58 Å². The molecule has 36 heavy (non-hydrogen) atoms. The first-order valence-electron chi connectivity index (χ1n) is 13.1. The van der Waals surface area contributed by atoms with Gasteiger partial charge in [0.15, 0.2) is 5.76 Å². The first kappa shape index (κ1) is 26.2. The SMILES string of the molecule is Cc1c([C@H]2C=C(C(=O)N(C)C3CCCCC3)O[C@@H](OCCCCO)C2)c(=O)n(-c2ccccc2)n1C. The number of likely N-dealkylation sites (N-methyl/N-ethyl adjacent to an activating group) is 1. The maximum Gasteiger partial charge on any atom is 0.288 e. The van der Waals surface area contributed by atoms with Gasteiger partial charge in [-0.3, -0.25) is 14.3 Å². The number of para-hydroxylation sites is 1. The molecule has 1 amide bonds. The summed E-state index contributed by atoms with van der Waals surface area (Å²) in [6.07, 6.45) is 8.42. The molecule has 2 atom stereocenters. The zero-order valence-corrected chi connectivity index (χ0v) is 21.7. The van der Waals surface area contributed by atoms with Crippen molar-refractivity contribution in [1.29, 1.82) is 0 Å². The van der Waals surface area contributed by atoms with Crippen LogP contribution in [0.2, 0.25) is 0 Å². The van der Waals surface area contributed by atoms with E-state index in [9.17, 15) is 9.59 Å². The van der Waals surface area contributed by atoms with E-state index in [0.29, 0.717) is 31.4 Å². The molecule has 8 nitrogen and oxygen atoms in total. The topological polar surface area (TPSA) is 85.9 Å². The van der Waals surface area contributed by atoms with Crippen molar-refractivity contribution in [2.24, 2.45) is 7.05 Å². The third kappa shape index (κ3) is 5.60. The molecular formula is C28H39N3O5. The highest BCUT2D eigenvalue weighted by molar-refractivity contribution is 5.91. The number of nitrogens with zero attached hydrogens (tertiary/aromatic N) is 3. The van der Waals surface area contributed by atoms with E-state index < -0.39 is 6.29 Å². The number of ether oxygens (including phenoxy) is 2. The highest BCUT2D eigenvalue weighted by Crippen LogP contribution is 2.33. The third-order valence-electron chi connectivity index (χ3n) is 7.54. The lowest BCUT2D eigenvalue weighted by atomic mass is 9.92. The van der Waals surface area contributed by atoms with Gasteiger partial charge in [-0.25, -0.2) is 4.68 Å². The van der Waals surface area contributed by atoms with E-state index in [1.807, 2.05) is 62.1 Å². The molecule has 1 aromatic carbocycles. The lowest BCUT2D eigenvalue weighted by Gasteiger charge is -2.34. The molecule has 0 saturated heterocycles.